The number of nitrogens with zero attached hydrogens (tertiary/aromatic N) is 1. The zero-order valence-electron chi connectivity index (χ0n) is 12.5. The maximum Gasteiger partial charge on any atom is 0.0587 e. The summed E-state index contributed by atoms with van der Waals surface area (Å²) in [5, 5.41) is 12.7. The van der Waals surface area contributed by atoms with Crippen LogP contribution in [0.1, 0.15) is 18.9 Å². The molecule has 0 heterocycles. The molecule has 1 unspecified atom stereocenters. The van der Waals surface area contributed by atoms with Crippen LogP contribution in [0.25, 0.3) is 0 Å². The zero-order valence-corrected chi connectivity index (χ0v) is 14.1. The fraction of sp³-hybridized carbons (Fsp3) is 0.600. The first-order chi connectivity index (χ1) is 9.54. The maximum absolute atomic E-state index is 9.35. The zero-order chi connectivity index (χ0) is 15.0. The van der Waals surface area contributed by atoms with Gasteiger partial charge in [-0.25, -0.2) is 0 Å². The molecule has 0 aliphatic heterocycles. The molecule has 2 N–H and O–H groups in total. The first-order valence-corrected chi connectivity index (χ1v) is 7.71. The molecule has 4 nitrogen and oxygen atoms in total. The van der Waals surface area contributed by atoms with Crippen LogP contribution in [0, 0.1) is 0 Å². The molecule has 0 radical (unpaired) electrons. The Labute approximate surface area is 130 Å². The summed E-state index contributed by atoms with van der Waals surface area (Å²) in [6, 6.07) is 6.37. The van der Waals surface area contributed by atoms with Gasteiger partial charge in [0.05, 0.1) is 18.4 Å². The van der Waals surface area contributed by atoms with Crippen LogP contribution in [-0.2, 0) is 11.3 Å². The van der Waals surface area contributed by atoms with Crippen molar-refractivity contribution in [3.8, 4) is 0 Å². The Morgan fingerprint density at radius 3 is 2.80 bits per heavy atom. The molecule has 5 heteroatoms. The van der Waals surface area contributed by atoms with Crippen LogP contribution in [0.5, 0.6) is 0 Å². The highest BCUT2D eigenvalue weighted by Gasteiger charge is 2.07. The van der Waals surface area contributed by atoms with Gasteiger partial charge in [0.1, 0.15) is 0 Å². The van der Waals surface area contributed by atoms with Crippen molar-refractivity contribution in [2.45, 2.75) is 26.0 Å². The summed E-state index contributed by atoms with van der Waals surface area (Å²) in [6.07, 6.45) is 0.504. The number of hydrogen-bond acceptors (Lipinski definition) is 4. The van der Waals surface area contributed by atoms with Gasteiger partial charge in [0.2, 0.25) is 0 Å². The number of rotatable bonds is 9. The van der Waals surface area contributed by atoms with Gasteiger partial charge in [0, 0.05) is 38.3 Å². The van der Waals surface area contributed by atoms with Crippen LogP contribution >= 0.6 is 15.9 Å². The minimum atomic E-state index is -0.263. The predicted molar refractivity (Wildman–Crippen MR) is 87.3 cm³/mol. The fourth-order valence-electron chi connectivity index (χ4n) is 1.88. The Hall–Kier alpha value is -0.620. The van der Waals surface area contributed by atoms with Crippen molar-refractivity contribution in [3.05, 3.63) is 28.2 Å². The molecule has 0 aromatic heterocycles. The second-order valence-electron chi connectivity index (χ2n) is 5.01. The highest BCUT2D eigenvalue weighted by Crippen LogP contribution is 2.26. The van der Waals surface area contributed by atoms with Crippen molar-refractivity contribution in [1.82, 2.24) is 5.32 Å². The summed E-state index contributed by atoms with van der Waals surface area (Å²) < 4.78 is 6.08. The van der Waals surface area contributed by atoms with E-state index in [0.29, 0.717) is 0 Å². The fourth-order valence-corrected chi connectivity index (χ4v) is 2.61. The number of aliphatic hydroxyl groups is 1. The van der Waals surface area contributed by atoms with Crippen LogP contribution in [0.3, 0.4) is 0 Å². The monoisotopic (exact) mass is 344 g/mol. The van der Waals surface area contributed by atoms with Gasteiger partial charge in [-0.2, -0.15) is 0 Å². The summed E-state index contributed by atoms with van der Waals surface area (Å²) in [5.41, 5.74) is 2.38. The van der Waals surface area contributed by atoms with Gasteiger partial charge in [0.15, 0.2) is 0 Å². The molecule has 20 heavy (non-hydrogen) atoms. The second-order valence-corrected chi connectivity index (χ2v) is 5.87. The first-order valence-electron chi connectivity index (χ1n) is 6.92. The molecule has 0 spiro atoms. The highest BCUT2D eigenvalue weighted by molar-refractivity contribution is 9.10. The molecule has 0 saturated heterocycles. The molecule has 0 aliphatic rings. The van der Waals surface area contributed by atoms with Crippen LogP contribution in [0.4, 0.5) is 5.69 Å². The number of nitrogens with one attached hydrogen (secondary N) is 1. The van der Waals surface area contributed by atoms with Crippen LogP contribution in [-0.4, -0.2) is 45.1 Å². The molecule has 1 aromatic rings. The minimum Gasteiger partial charge on any atom is -0.393 e. The summed E-state index contributed by atoms with van der Waals surface area (Å²) in [6.45, 7) is 5.06. The summed E-state index contributed by atoms with van der Waals surface area (Å²) in [4.78, 5) is 2.15. The van der Waals surface area contributed by atoms with Crippen molar-refractivity contribution >= 4 is 21.6 Å². The number of halogens is 1. The second kappa shape index (κ2) is 9.34. The van der Waals surface area contributed by atoms with Crippen molar-refractivity contribution in [3.63, 3.8) is 0 Å². The van der Waals surface area contributed by atoms with Crippen LogP contribution < -0.4 is 10.2 Å². The molecule has 1 atom stereocenters. The molecule has 0 aliphatic carbocycles. The standard InChI is InChI=1S/C15H25BrN2O2/c1-12(19)6-8-18(2)15-5-4-13(10-14(15)16)11-17-7-9-20-3/h4-5,10,12,17,19H,6-9,11H2,1-3H3. The summed E-state index contributed by atoms with van der Waals surface area (Å²) >= 11 is 3.62. The molecule has 1 rings (SSSR count). The minimum absolute atomic E-state index is 0.263. The average Bonchev–Trinajstić information content (AvgIpc) is 2.41. The van der Waals surface area contributed by atoms with E-state index in [2.05, 4.69) is 44.3 Å². The molecular formula is C15H25BrN2O2. The molecular weight excluding hydrogens is 320 g/mol. The van der Waals surface area contributed by atoms with Gasteiger partial charge in [0.25, 0.3) is 0 Å². The molecule has 0 saturated carbocycles. The van der Waals surface area contributed by atoms with Gasteiger partial charge in [-0.1, -0.05) is 6.07 Å². The first kappa shape index (κ1) is 17.4. The van der Waals surface area contributed by atoms with E-state index in [1.807, 2.05) is 14.0 Å². The number of benzene rings is 1. The van der Waals surface area contributed by atoms with E-state index >= 15 is 0 Å². The third-order valence-corrected chi connectivity index (χ3v) is 3.75. The largest absolute Gasteiger partial charge is 0.393 e. The normalized spacial score (nSPS) is 12.4. The number of ether oxygens (including phenoxy) is 1. The summed E-state index contributed by atoms with van der Waals surface area (Å²) in [7, 11) is 3.75. The third-order valence-electron chi connectivity index (χ3n) is 3.12. The smallest absolute Gasteiger partial charge is 0.0587 e. The van der Waals surface area contributed by atoms with E-state index in [1.54, 1.807) is 7.11 Å². The van der Waals surface area contributed by atoms with E-state index in [0.717, 1.165) is 42.8 Å². The van der Waals surface area contributed by atoms with E-state index in [-0.39, 0.29) is 6.10 Å². The van der Waals surface area contributed by atoms with Crippen molar-refractivity contribution in [2.24, 2.45) is 0 Å². The van der Waals surface area contributed by atoms with E-state index in [4.69, 9.17) is 4.74 Å². The van der Waals surface area contributed by atoms with Crippen molar-refractivity contribution in [1.29, 1.82) is 0 Å². The summed E-state index contributed by atoms with van der Waals surface area (Å²) in [5.74, 6) is 0. The number of methoxy groups -OCH3 is 1. The average molecular weight is 345 g/mol. The van der Waals surface area contributed by atoms with E-state index in [1.165, 1.54) is 5.56 Å². The van der Waals surface area contributed by atoms with Gasteiger partial charge in [-0.3, -0.25) is 0 Å². The molecule has 1 aromatic carbocycles. The quantitative estimate of drug-likeness (QED) is 0.675. The topological polar surface area (TPSA) is 44.7 Å². The Kier molecular flexibility index (Phi) is 8.14. The number of aliphatic hydroxyl groups excluding tert-OH is 1. The Balaban J connectivity index is 2.54. The highest BCUT2D eigenvalue weighted by atomic mass is 79.9. The lowest BCUT2D eigenvalue weighted by atomic mass is 10.2. The van der Waals surface area contributed by atoms with Crippen molar-refractivity contribution < 1.29 is 9.84 Å². The van der Waals surface area contributed by atoms with E-state index < -0.39 is 0 Å². The van der Waals surface area contributed by atoms with Gasteiger partial charge in [-0.15, -0.1) is 0 Å². The SMILES string of the molecule is COCCNCc1ccc(N(C)CCC(C)O)c(Br)c1. The Morgan fingerprint density at radius 2 is 2.20 bits per heavy atom. The van der Waals surface area contributed by atoms with Crippen molar-refractivity contribution in [2.75, 3.05) is 38.8 Å². The third kappa shape index (κ3) is 6.22. The number of hydrogen-bond donors (Lipinski definition) is 2. The number of anilines is 1. The van der Waals surface area contributed by atoms with Gasteiger partial charge in [-0.05, 0) is 47.0 Å². The lowest BCUT2D eigenvalue weighted by molar-refractivity contribution is 0.187. The predicted octanol–water partition coefficient (Wildman–Crippen LogP) is 2.39. The Morgan fingerprint density at radius 1 is 1.45 bits per heavy atom. The Bertz CT molecular complexity index is 399. The lowest BCUT2D eigenvalue weighted by Gasteiger charge is -2.22. The molecule has 0 bridgehead atoms. The van der Waals surface area contributed by atoms with Gasteiger partial charge >= 0.3 is 0 Å². The maximum atomic E-state index is 9.35. The molecule has 0 fully saturated rings. The molecule has 0 amide bonds. The van der Waals surface area contributed by atoms with E-state index in [9.17, 15) is 5.11 Å². The molecule has 114 valence electrons. The van der Waals surface area contributed by atoms with Gasteiger partial charge < -0.3 is 20.1 Å². The lowest BCUT2D eigenvalue weighted by Crippen LogP contribution is -2.22. The van der Waals surface area contributed by atoms with Crippen LogP contribution in [0.15, 0.2) is 22.7 Å². The van der Waals surface area contributed by atoms with Crippen LogP contribution in [0.2, 0.25) is 0 Å².